The first kappa shape index (κ1) is 11.5. The van der Waals surface area contributed by atoms with E-state index in [1.54, 1.807) is 24.3 Å². The highest BCUT2D eigenvalue weighted by Gasteiger charge is 2.12. The first-order chi connectivity index (χ1) is 9.16. The summed E-state index contributed by atoms with van der Waals surface area (Å²) in [6.07, 6.45) is 0. The molecule has 3 nitrogen and oxygen atoms in total. The molecule has 3 rings (SSSR count). The van der Waals surface area contributed by atoms with Gasteiger partial charge in [0, 0.05) is 5.56 Å². The summed E-state index contributed by atoms with van der Waals surface area (Å²) in [7, 11) is 0. The summed E-state index contributed by atoms with van der Waals surface area (Å²) in [5, 5.41) is 0.436. The van der Waals surface area contributed by atoms with E-state index >= 15 is 0 Å². The fourth-order valence-electron chi connectivity index (χ4n) is 1.97. The Labute approximate surface area is 108 Å². The van der Waals surface area contributed by atoms with Crippen molar-refractivity contribution in [3.63, 3.8) is 0 Å². The third-order valence-electron chi connectivity index (χ3n) is 2.94. The van der Waals surface area contributed by atoms with Crippen molar-refractivity contribution in [2.24, 2.45) is 0 Å². The van der Waals surface area contributed by atoms with E-state index in [4.69, 9.17) is 10.2 Å². The number of halogens is 1. The summed E-state index contributed by atoms with van der Waals surface area (Å²) in [5.41, 5.74) is 6.61. The average molecular weight is 255 g/mol. The van der Waals surface area contributed by atoms with Crippen molar-refractivity contribution in [3.05, 3.63) is 64.6 Å². The van der Waals surface area contributed by atoms with Gasteiger partial charge in [0.15, 0.2) is 5.76 Å². The van der Waals surface area contributed by atoms with E-state index in [1.807, 2.05) is 0 Å². The molecule has 0 aliphatic rings. The van der Waals surface area contributed by atoms with Crippen LogP contribution in [0.1, 0.15) is 0 Å². The minimum absolute atomic E-state index is 0.0327. The number of fused-ring (bicyclic) bond motifs is 1. The lowest BCUT2D eigenvalue weighted by atomic mass is 10.1. The average Bonchev–Trinajstić information content (AvgIpc) is 2.44. The van der Waals surface area contributed by atoms with Crippen LogP contribution in [0, 0.1) is 5.82 Å². The maximum Gasteiger partial charge on any atom is 0.216 e. The molecule has 0 atom stereocenters. The van der Waals surface area contributed by atoms with Crippen molar-refractivity contribution in [2.45, 2.75) is 0 Å². The van der Waals surface area contributed by atoms with E-state index < -0.39 is 0 Å². The molecule has 0 bridgehead atoms. The second-order valence-corrected chi connectivity index (χ2v) is 4.18. The molecular formula is C15H10FNO2. The van der Waals surface area contributed by atoms with Crippen molar-refractivity contribution >= 4 is 16.7 Å². The van der Waals surface area contributed by atoms with Gasteiger partial charge in [0.25, 0.3) is 0 Å². The van der Waals surface area contributed by atoms with Crippen LogP contribution in [0.4, 0.5) is 10.1 Å². The van der Waals surface area contributed by atoms with E-state index in [1.165, 1.54) is 24.3 Å². The molecule has 1 aromatic heterocycles. The zero-order valence-corrected chi connectivity index (χ0v) is 9.89. The van der Waals surface area contributed by atoms with Gasteiger partial charge >= 0.3 is 0 Å². The molecular weight excluding hydrogens is 245 g/mol. The lowest BCUT2D eigenvalue weighted by molar-refractivity contribution is 0.617. The summed E-state index contributed by atoms with van der Waals surface area (Å²) in [4.78, 5) is 12.1. The quantitative estimate of drug-likeness (QED) is 0.726. The molecule has 94 valence electrons. The molecule has 0 radical (unpaired) electrons. The Balaban J connectivity index is 2.33. The van der Waals surface area contributed by atoms with E-state index in [9.17, 15) is 9.18 Å². The number of nitrogen functional groups attached to an aromatic ring is 1. The summed E-state index contributed by atoms with van der Waals surface area (Å²) < 4.78 is 18.6. The van der Waals surface area contributed by atoms with Crippen LogP contribution in [-0.4, -0.2) is 0 Å². The van der Waals surface area contributed by atoms with Crippen molar-refractivity contribution in [2.75, 3.05) is 5.73 Å². The molecule has 0 amide bonds. The van der Waals surface area contributed by atoms with Gasteiger partial charge in [-0.1, -0.05) is 12.1 Å². The monoisotopic (exact) mass is 255 g/mol. The number of hydrogen-bond donors (Lipinski definition) is 1. The van der Waals surface area contributed by atoms with Gasteiger partial charge in [-0.25, -0.2) is 4.39 Å². The molecule has 0 spiro atoms. The molecule has 0 aliphatic carbocycles. The second-order valence-electron chi connectivity index (χ2n) is 4.18. The summed E-state index contributed by atoms with van der Waals surface area (Å²) in [6, 6.07) is 12.5. The number of para-hydroxylation sites is 1. The van der Waals surface area contributed by atoms with Crippen LogP contribution in [0.5, 0.6) is 0 Å². The van der Waals surface area contributed by atoms with Gasteiger partial charge in [0.2, 0.25) is 5.43 Å². The van der Waals surface area contributed by atoms with Gasteiger partial charge in [-0.15, -0.1) is 0 Å². The highest BCUT2D eigenvalue weighted by molar-refractivity contribution is 5.84. The number of benzene rings is 2. The lowest BCUT2D eigenvalue weighted by Gasteiger charge is -2.06. The van der Waals surface area contributed by atoms with Crippen LogP contribution in [0.25, 0.3) is 22.3 Å². The molecule has 0 unspecified atom stereocenters. The minimum atomic E-state index is -0.356. The third kappa shape index (κ3) is 1.87. The normalized spacial score (nSPS) is 10.8. The van der Waals surface area contributed by atoms with Gasteiger partial charge < -0.3 is 10.2 Å². The van der Waals surface area contributed by atoms with Crippen molar-refractivity contribution in [3.8, 4) is 11.3 Å². The maximum atomic E-state index is 12.9. The Hall–Kier alpha value is -2.62. The van der Waals surface area contributed by atoms with E-state index in [-0.39, 0.29) is 22.7 Å². The topological polar surface area (TPSA) is 56.2 Å². The summed E-state index contributed by atoms with van der Waals surface area (Å²) >= 11 is 0. The SMILES string of the molecule is Nc1c(-c2ccc(F)cc2)oc2ccccc2c1=O. The van der Waals surface area contributed by atoms with Gasteiger partial charge in [-0.2, -0.15) is 0 Å². The van der Waals surface area contributed by atoms with Crippen LogP contribution in [0.2, 0.25) is 0 Å². The molecule has 3 aromatic rings. The predicted octanol–water partition coefficient (Wildman–Crippen LogP) is 3.18. The van der Waals surface area contributed by atoms with Crippen LogP contribution in [-0.2, 0) is 0 Å². The van der Waals surface area contributed by atoms with Gasteiger partial charge in [0.05, 0.1) is 5.39 Å². The number of hydrogen-bond acceptors (Lipinski definition) is 3. The first-order valence-electron chi connectivity index (χ1n) is 5.74. The number of nitrogens with two attached hydrogens (primary N) is 1. The molecule has 1 heterocycles. The zero-order valence-electron chi connectivity index (χ0n) is 9.89. The maximum absolute atomic E-state index is 12.9. The van der Waals surface area contributed by atoms with Gasteiger partial charge in [-0.05, 0) is 36.4 Å². The molecule has 0 fully saturated rings. The third-order valence-corrected chi connectivity index (χ3v) is 2.94. The van der Waals surface area contributed by atoms with Crippen molar-refractivity contribution in [1.82, 2.24) is 0 Å². The largest absolute Gasteiger partial charge is 0.454 e. The molecule has 0 saturated heterocycles. The van der Waals surface area contributed by atoms with Crippen LogP contribution in [0.15, 0.2) is 57.7 Å². The van der Waals surface area contributed by atoms with E-state index in [0.29, 0.717) is 16.5 Å². The minimum Gasteiger partial charge on any atom is -0.454 e. The lowest BCUT2D eigenvalue weighted by Crippen LogP contribution is -2.09. The smallest absolute Gasteiger partial charge is 0.216 e. The van der Waals surface area contributed by atoms with E-state index in [2.05, 4.69) is 0 Å². The molecule has 0 aliphatic heterocycles. The Morgan fingerprint density at radius 1 is 1.00 bits per heavy atom. The summed E-state index contributed by atoms with van der Waals surface area (Å²) in [5.74, 6) is -0.0887. The van der Waals surface area contributed by atoms with Crippen LogP contribution < -0.4 is 11.2 Å². The molecule has 19 heavy (non-hydrogen) atoms. The molecule has 2 aromatic carbocycles. The van der Waals surface area contributed by atoms with Crippen LogP contribution in [0.3, 0.4) is 0 Å². The first-order valence-corrected chi connectivity index (χ1v) is 5.74. The zero-order chi connectivity index (χ0) is 13.4. The second kappa shape index (κ2) is 4.24. The van der Waals surface area contributed by atoms with Crippen molar-refractivity contribution in [1.29, 1.82) is 0 Å². The molecule has 4 heteroatoms. The molecule has 0 saturated carbocycles. The Bertz CT molecular complexity index is 806. The number of rotatable bonds is 1. The predicted molar refractivity (Wildman–Crippen MR) is 72.3 cm³/mol. The number of anilines is 1. The fraction of sp³-hybridized carbons (Fsp3) is 0. The Morgan fingerprint density at radius 3 is 2.42 bits per heavy atom. The Morgan fingerprint density at radius 2 is 1.68 bits per heavy atom. The highest BCUT2D eigenvalue weighted by Crippen LogP contribution is 2.27. The fourth-order valence-corrected chi connectivity index (χ4v) is 1.97. The van der Waals surface area contributed by atoms with Crippen LogP contribution >= 0.6 is 0 Å². The highest BCUT2D eigenvalue weighted by atomic mass is 19.1. The van der Waals surface area contributed by atoms with E-state index in [0.717, 1.165) is 0 Å². The van der Waals surface area contributed by atoms with Crippen molar-refractivity contribution < 1.29 is 8.81 Å². The standard InChI is InChI=1S/C15H10FNO2/c16-10-7-5-9(6-8-10)15-13(17)14(18)11-3-1-2-4-12(11)19-15/h1-8H,17H2. The molecule has 2 N–H and O–H groups in total. The summed E-state index contributed by atoms with van der Waals surface area (Å²) in [6.45, 7) is 0. The Kier molecular flexibility index (Phi) is 2.56. The van der Waals surface area contributed by atoms with Gasteiger partial charge in [-0.3, -0.25) is 4.79 Å². The van der Waals surface area contributed by atoms with Gasteiger partial charge in [0.1, 0.15) is 17.1 Å².